The van der Waals surface area contributed by atoms with Crippen LogP contribution in [0.5, 0.6) is 5.75 Å². The second kappa shape index (κ2) is 9.08. The third kappa shape index (κ3) is 5.09. The predicted molar refractivity (Wildman–Crippen MR) is 94.2 cm³/mol. The standard InChI is InChI=1S/C18H26N4O2/c1-3-4-5-16(10-19)21-18(23)15-11-20-22(13-15)12-14-6-8-17(24-2)9-7-14/h6-9,11,13,16H,3-5,10,12,19H2,1-2H3,(H,21,23). The first-order valence-electron chi connectivity index (χ1n) is 8.32. The number of carbonyl (C=O) groups excluding carboxylic acids is 1. The third-order valence-electron chi connectivity index (χ3n) is 3.92. The Balaban J connectivity index is 1.94. The molecule has 1 aromatic heterocycles. The lowest BCUT2D eigenvalue weighted by Crippen LogP contribution is -2.40. The van der Waals surface area contributed by atoms with Crippen LogP contribution in [0.3, 0.4) is 0 Å². The summed E-state index contributed by atoms with van der Waals surface area (Å²) in [5.74, 6) is 0.696. The molecular formula is C18H26N4O2. The maximum absolute atomic E-state index is 12.3. The van der Waals surface area contributed by atoms with E-state index in [0.29, 0.717) is 18.7 Å². The monoisotopic (exact) mass is 330 g/mol. The first-order chi connectivity index (χ1) is 11.7. The van der Waals surface area contributed by atoms with Crippen molar-refractivity contribution in [3.8, 4) is 5.75 Å². The van der Waals surface area contributed by atoms with Crippen molar-refractivity contribution in [1.82, 2.24) is 15.1 Å². The summed E-state index contributed by atoms with van der Waals surface area (Å²) in [7, 11) is 1.64. The Morgan fingerprint density at radius 1 is 1.38 bits per heavy atom. The van der Waals surface area contributed by atoms with Gasteiger partial charge in [0.25, 0.3) is 5.91 Å². The van der Waals surface area contributed by atoms with E-state index in [1.807, 2.05) is 24.3 Å². The largest absolute Gasteiger partial charge is 0.497 e. The van der Waals surface area contributed by atoms with Crippen molar-refractivity contribution in [3.63, 3.8) is 0 Å². The molecule has 1 amide bonds. The molecule has 6 heteroatoms. The molecule has 1 unspecified atom stereocenters. The van der Waals surface area contributed by atoms with Gasteiger partial charge >= 0.3 is 0 Å². The molecule has 24 heavy (non-hydrogen) atoms. The number of hydrogen-bond acceptors (Lipinski definition) is 4. The third-order valence-corrected chi connectivity index (χ3v) is 3.92. The van der Waals surface area contributed by atoms with Gasteiger partial charge in [0.05, 0.1) is 25.4 Å². The minimum Gasteiger partial charge on any atom is -0.497 e. The lowest BCUT2D eigenvalue weighted by molar-refractivity contribution is 0.0935. The zero-order valence-electron chi connectivity index (χ0n) is 14.4. The summed E-state index contributed by atoms with van der Waals surface area (Å²) >= 11 is 0. The summed E-state index contributed by atoms with van der Waals surface area (Å²) in [5.41, 5.74) is 7.37. The normalized spacial score (nSPS) is 12.0. The first kappa shape index (κ1) is 18.0. The van der Waals surface area contributed by atoms with Crippen LogP contribution in [-0.4, -0.2) is 35.4 Å². The Hall–Kier alpha value is -2.34. The van der Waals surface area contributed by atoms with E-state index < -0.39 is 0 Å². The highest BCUT2D eigenvalue weighted by Crippen LogP contribution is 2.12. The molecule has 1 aromatic carbocycles. The molecular weight excluding hydrogens is 304 g/mol. The van der Waals surface area contributed by atoms with E-state index in [9.17, 15) is 4.79 Å². The van der Waals surface area contributed by atoms with Crippen molar-refractivity contribution in [1.29, 1.82) is 0 Å². The fraction of sp³-hybridized carbons (Fsp3) is 0.444. The number of methoxy groups -OCH3 is 1. The maximum atomic E-state index is 12.3. The number of benzene rings is 1. The van der Waals surface area contributed by atoms with Crippen LogP contribution in [0.4, 0.5) is 0 Å². The van der Waals surface area contributed by atoms with E-state index in [2.05, 4.69) is 17.3 Å². The summed E-state index contributed by atoms with van der Waals surface area (Å²) in [6.07, 6.45) is 6.39. The second-order valence-corrected chi connectivity index (χ2v) is 5.82. The maximum Gasteiger partial charge on any atom is 0.254 e. The predicted octanol–water partition coefficient (Wildman–Crippen LogP) is 2.19. The van der Waals surface area contributed by atoms with E-state index >= 15 is 0 Å². The summed E-state index contributed by atoms with van der Waals surface area (Å²) < 4.78 is 6.90. The van der Waals surface area contributed by atoms with Gasteiger partial charge in [0.15, 0.2) is 0 Å². The number of nitrogens with zero attached hydrogens (tertiary/aromatic N) is 2. The van der Waals surface area contributed by atoms with Crippen molar-refractivity contribution >= 4 is 5.91 Å². The summed E-state index contributed by atoms with van der Waals surface area (Å²) in [6.45, 7) is 3.18. The van der Waals surface area contributed by atoms with Gasteiger partial charge in [-0.25, -0.2) is 0 Å². The lowest BCUT2D eigenvalue weighted by Gasteiger charge is -2.15. The smallest absolute Gasteiger partial charge is 0.254 e. The number of aromatic nitrogens is 2. The SMILES string of the molecule is CCCCC(CN)NC(=O)c1cnn(Cc2ccc(OC)cc2)c1. The average Bonchev–Trinajstić information content (AvgIpc) is 3.07. The molecule has 3 N–H and O–H groups in total. The Kier molecular flexibility index (Phi) is 6.81. The number of rotatable bonds is 9. The van der Waals surface area contributed by atoms with Crippen LogP contribution < -0.4 is 15.8 Å². The quantitative estimate of drug-likeness (QED) is 0.738. The fourth-order valence-corrected chi connectivity index (χ4v) is 2.45. The average molecular weight is 330 g/mol. The van der Waals surface area contributed by atoms with Crippen LogP contribution in [0.1, 0.15) is 42.1 Å². The molecule has 2 aromatic rings. The van der Waals surface area contributed by atoms with Gasteiger partial charge in [0.1, 0.15) is 5.75 Å². The highest BCUT2D eigenvalue weighted by Gasteiger charge is 2.13. The van der Waals surface area contributed by atoms with Crippen molar-refractivity contribution in [2.75, 3.05) is 13.7 Å². The van der Waals surface area contributed by atoms with Crippen LogP contribution >= 0.6 is 0 Å². The fourth-order valence-electron chi connectivity index (χ4n) is 2.45. The van der Waals surface area contributed by atoms with E-state index in [-0.39, 0.29) is 11.9 Å². The van der Waals surface area contributed by atoms with Gasteiger partial charge in [-0.3, -0.25) is 9.48 Å². The van der Waals surface area contributed by atoms with Crippen molar-refractivity contribution in [3.05, 3.63) is 47.8 Å². The first-order valence-corrected chi connectivity index (χ1v) is 8.32. The van der Waals surface area contributed by atoms with Crippen molar-refractivity contribution in [2.45, 2.75) is 38.8 Å². The van der Waals surface area contributed by atoms with Crippen LogP contribution in [0.15, 0.2) is 36.7 Å². The van der Waals surface area contributed by atoms with Crippen LogP contribution in [0.2, 0.25) is 0 Å². The number of hydrogen-bond donors (Lipinski definition) is 2. The Morgan fingerprint density at radius 3 is 2.75 bits per heavy atom. The van der Waals surface area contributed by atoms with Gasteiger partial charge in [-0.1, -0.05) is 31.9 Å². The van der Waals surface area contributed by atoms with Gasteiger partial charge in [-0.2, -0.15) is 5.10 Å². The number of nitrogens with two attached hydrogens (primary N) is 1. The Labute approximate surface area is 143 Å². The van der Waals surface area contributed by atoms with Crippen LogP contribution in [0, 0.1) is 0 Å². The van der Waals surface area contributed by atoms with Crippen LogP contribution in [0.25, 0.3) is 0 Å². The minimum absolute atomic E-state index is 0.0161. The molecule has 2 rings (SSSR count). The minimum atomic E-state index is -0.123. The number of nitrogens with one attached hydrogen (secondary N) is 1. The molecule has 6 nitrogen and oxygen atoms in total. The molecule has 0 bridgehead atoms. The summed E-state index contributed by atoms with van der Waals surface area (Å²) in [4.78, 5) is 12.3. The van der Waals surface area contributed by atoms with Crippen molar-refractivity contribution < 1.29 is 9.53 Å². The van der Waals surface area contributed by atoms with Gasteiger partial charge < -0.3 is 15.8 Å². The lowest BCUT2D eigenvalue weighted by atomic mass is 10.1. The molecule has 0 aliphatic carbocycles. The molecule has 1 heterocycles. The van der Waals surface area contributed by atoms with Gasteiger partial charge in [0, 0.05) is 18.8 Å². The number of carbonyl (C=O) groups is 1. The number of ether oxygens (including phenoxy) is 1. The topological polar surface area (TPSA) is 82.2 Å². The summed E-state index contributed by atoms with van der Waals surface area (Å²) in [5, 5.41) is 7.24. The highest BCUT2D eigenvalue weighted by atomic mass is 16.5. The van der Waals surface area contributed by atoms with E-state index in [1.54, 1.807) is 24.2 Å². The molecule has 0 saturated carbocycles. The zero-order valence-corrected chi connectivity index (χ0v) is 14.4. The molecule has 130 valence electrons. The van der Waals surface area contributed by atoms with Crippen LogP contribution in [-0.2, 0) is 6.54 Å². The highest BCUT2D eigenvalue weighted by molar-refractivity contribution is 5.93. The molecule has 0 fully saturated rings. The number of unbranched alkanes of at least 4 members (excludes halogenated alkanes) is 1. The molecule has 1 atom stereocenters. The van der Waals surface area contributed by atoms with Gasteiger partial charge in [-0.15, -0.1) is 0 Å². The molecule has 0 spiro atoms. The molecule has 0 saturated heterocycles. The van der Waals surface area contributed by atoms with E-state index in [0.717, 1.165) is 30.6 Å². The molecule has 0 aliphatic heterocycles. The second-order valence-electron chi connectivity index (χ2n) is 5.82. The number of amides is 1. The zero-order chi connectivity index (χ0) is 17.4. The van der Waals surface area contributed by atoms with Gasteiger partial charge in [0.2, 0.25) is 0 Å². The van der Waals surface area contributed by atoms with Gasteiger partial charge in [-0.05, 0) is 24.1 Å². The Morgan fingerprint density at radius 2 is 2.12 bits per heavy atom. The van der Waals surface area contributed by atoms with E-state index in [4.69, 9.17) is 10.5 Å². The van der Waals surface area contributed by atoms with E-state index in [1.165, 1.54) is 0 Å². The van der Waals surface area contributed by atoms with Crippen molar-refractivity contribution in [2.24, 2.45) is 5.73 Å². The summed E-state index contributed by atoms with van der Waals surface area (Å²) in [6, 6.07) is 7.80. The molecule has 0 aliphatic rings. The Bertz CT molecular complexity index is 637. The molecule has 0 radical (unpaired) electrons.